The van der Waals surface area contributed by atoms with Crippen molar-refractivity contribution in [2.75, 3.05) is 13.2 Å². The zero-order valence-corrected chi connectivity index (χ0v) is 17.6. The Kier molecular flexibility index (Phi) is 5.34. The second-order valence-corrected chi connectivity index (χ2v) is 7.79. The van der Waals surface area contributed by atoms with Crippen LogP contribution >= 0.6 is 12.2 Å². The van der Waals surface area contributed by atoms with Crippen LogP contribution in [-0.4, -0.2) is 42.8 Å². The summed E-state index contributed by atoms with van der Waals surface area (Å²) < 4.78 is 2.17. The normalized spacial score (nSPS) is 18.9. The van der Waals surface area contributed by atoms with Gasteiger partial charge in [0.1, 0.15) is 5.82 Å². The molecule has 1 aliphatic heterocycles. The molecule has 0 radical (unpaired) electrons. The number of aliphatic hydroxyl groups excluding tert-OH is 1. The summed E-state index contributed by atoms with van der Waals surface area (Å²) in [4.78, 5) is 11.2. The summed E-state index contributed by atoms with van der Waals surface area (Å²) >= 11 is 5.61. The van der Waals surface area contributed by atoms with Gasteiger partial charge in [-0.1, -0.05) is 12.1 Å². The van der Waals surface area contributed by atoms with Crippen molar-refractivity contribution in [2.24, 2.45) is 0 Å². The number of nitrogens with one attached hydrogen (secondary N) is 1. The molecule has 150 valence electrons. The van der Waals surface area contributed by atoms with Gasteiger partial charge in [0.25, 0.3) is 0 Å². The van der Waals surface area contributed by atoms with E-state index in [0.29, 0.717) is 11.7 Å². The summed E-state index contributed by atoms with van der Waals surface area (Å²) in [6, 6.07) is 12.1. The van der Waals surface area contributed by atoms with Gasteiger partial charge in [-0.2, -0.15) is 0 Å². The summed E-state index contributed by atoms with van der Waals surface area (Å²) in [5.74, 6) is 0.897. The van der Waals surface area contributed by atoms with Crippen molar-refractivity contribution in [2.45, 2.75) is 32.9 Å². The molecule has 0 aromatic carbocycles. The zero-order valence-electron chi connectivity index (χ0n) is 16.8. The SMILES string of the molecule is Cc1ccc(-n2c(C)cc([C@H]3[C@H](c4ccccn4)NC(=S)N3CCO)c2C)nc1. The summed E-state index contributed by atoms with van der Waals surface area (Å²) in [7, 11) is 0. The van der Waals surface area contributed by atoms with E-state index in [4.69, 9.17) is 12.2 Å². The third kappa shape index (κ3) is 3.52. The molecule has 0 spiro atoms. The summed E-state index contributed by atoms with van der Waals surface area (Å²) in [5, 5.41) is 13.7. The second kappa shape index (κ2) is 7.93. The van der Waals surface area contributed by atoms with Crippen LogP contribution < -0.4 is 5.32 Å². The Labute approximate surface area is 176 Å². The Morgan fingerprint density at radius 2 is 1.97 bits per heavy atom. The number of nitrogens with zero attached hydrogens (tertiary/aromatic N) is 4. The minimum absolute atomic E-state index is 0.0332. The van der Waals surface area contributed by atoms with Gasteiger partial charge in [-0.15, -0.1) is 0 Å². The number of thiocarbonyl (C=S) groups is 1. The largest absolute Gasteiger partial charge is 0.395 e. The van der Waals surface area contributed by atoms with Gasteiger partial charge in [0.2, 0.25) is 0 Å². The van der Waals surface area contributed by atoms with Crippen LogP contribution in [0, 0.1) is 20.8 Å². The van der Waals surface area contributed by atoms with E-state index in [2.05, 4.69) is 50.7 Å². The van der Waals surface area contributed by atoms with Crippen LogP contribution in [0.15, 0.2) is 48.8 Å². The summed E-state index contributed by atoms with van der Waals surface area (Å²) in [6.07, 6.45) is 3.68. The van der Waals surface area contributed by atoms with Gasteiger partial charge in [-0.05, 0) is 68.4 Å². The molecule has 29 heavy (non-hydrogen) atoms. The summed E-state index contributed by atoms with van der Waals surface area (Å²) in [5.41, 5.74) is 5.43. The average Bonchev–Trinajstić information content (AvgIpc) is 3.20. The number of aromatic nitrogens is 3. The van der Waals surface area contributed by atoms with Gasteiger partial charge in [-0.25, -0.2) is 4.98 Å². The minimum Gasteiger partial charge on any atom is -0.395 e. The number of rotatable bonds is 5. The van der Waals surface area contributed by atoms with Gasteiger partial charge < -0.3 is 19.9 Å². The first kappa shape index (κ1) is 19.5. The molecule has 1 fully saturated rings. The molecule has 0 amide bonds. The molecule has 0 aliphatic carbocycles. The number of hydrogen-bond acceptors (Lipinski definition) is 4. The zero-order chi connectivity index (χ0) is 20.5. The Balaban J connectivity index is 1.82. The fraction of sp³-hybridized carbons (Fsp3) is 0.318. The van der Waals surface area contributed by atoms with Crippen LogP contribution in [0.2, 0.25) is 0 Å². The molecule has 3 aromatic heterocycles. The van der Waals surface area contributed by atoms with Crippen LogP contribution in [0.3, 0.4) is 0 Å². The smallest absolute Gasteiger partial charge is 0.170 e. The fourth-order valence-corrected chi connectivity index (χ4v) is 4.46. The lowest BCUT2D eigenvalue weighted by atomic mass is 9.97. The van der Waals surface area contributed by atoms with Gasteiger partial charge in [0.05, 0.1) is 24.4 Å². The molecule has 0 unspecified atom stereocenters. The molecule has 1 aliphatic rings. The van der Waals surface area contributed by atoms with E-state index in [1.165, 1.54) is 0 Å². The minimum atomic E-state index is -0.0878. The third-order valence-corrected chi connectivity index (χ3v) is 5.80. The molecule has 7 heteroatoms. The predicted octanol–water partition coefficient (Wildman–Crippen LogP) is 3.16. The number of pyridine rings is 2. The summed E-state index contributed by atoms with van der Waals surface area (Å²) in [6.45, 7) is 6.73. The van der Waals surface area contributed by atoms with Crippen molar-refractivity contribution >= 4 is 17.3 Å². The second-order valence-electron chi connectivity index (χ2n) is 7.40. The highest BCUT2D eigenvalue weighted by Crippen LogP contribution is 2.41. The van der Waals surface area contributed by atoms with Crippen molar-refractivity contribution in [1.29, 1.82) is 0 Å². The number of hydrogen-bond donors (Lipinski definition) is 2. The number of aliphatic hydroxyl groups is 1. The maximum atomic E-state index is 9.64. The first-order chi connectivity index (χ1) is 14.0. The number of β-amino-alcohol motifs (C(OH)–C–C–N with tert-alkyl or cyclic N) is 1. The van der Waals surface area contributed by atoms with Crippen LogP contribution in [0.25, 0.3) is 5.82 Å². The molecular weight excluding hydrogens is 382 g/mol. The molecule has 4 rings (SSSR count). The van der Waals surface area contributed by atoms with E-state index < -0.39 is 0 Å². The van der Waals surface area contributed by atoms with Crippen LogP contribution in [0.1, 0.15) is 40.3 Å². The van der Waals surface area contributed by atoms with E-state index in [1.807, 2.05) is 37.4 Å². The van der Waals surface area contributed by atoms with Gasteiger partial charge >= 0.3 is 0 Å². The maximum absolute atomic E-state index is 9.64. The van der Waals surface area contributed by atoms with Crippen molar-refractivity contribution in [3.05, 3.63) is 77.0 Å². The van der Waals surface area contributed by atoms with E-state index in [1.54, 1.807) is 6.20 Å². The first-order valence-electron chi connectivity index (χ1n) is 9.72. The van der Waals surface area contributed by atoms with Gasteiger partial charge in [0.15, 0.2) is 5.11 Å². The average molecular weight is 408 g/mol. The fourth-order valence-electron chi connectivity index (χ4n) is 4.12. The van der Waals surface area contributed by atoms with Crippen LogP contribution in [0.4, 0.5) is 0 Å². The number of aryl methyl sites for hydroxylation is 2. The van der Waals surface area contributed by atoms with Crippen molar-refractivity contribution in [3.8, 4) is 5.82 Å². The third-order valence-electron chi connectivity index (χ3n) is 5.45. The van der Waals surface area contributed by atoms with E-state index in [-0.39, 0.29) is 18.7 Å². The topological polar surface area (TPSA) is 66.2 Å². The Morgan fingerprint density at radius 3 is 2.62 bits per heavy atom. The lowest BCUT2D eigenvalue weighted by Crippen LogP contribution is -2.32. The first-order valence-corrected chi connectivity index (χ1v) is 10.1. The molecule has 2 atom stereocenters. The molecule has 3 aromatic rings. The van der Waals surface area contributed by atoms with Gasteiger partial charge in [0, 0.05) is 30.3 Å². The maximum Gasteiger partial charge on any atom is 0.170 e. The Hall–Kier alpha value is -2.77. The van der Waals surface area contributed by atoms with Gasteiger partial charge in [-0.3, -0.25) is 4.98 Å². The molecule has 6 nitrogen and oxygen atoms in total. The van der Waals surface area contributed by atoms with Crippen molar-refractivity contribution in [1.82, 2.24) is 24.8 Å². The lowest BCUT2D eigenvalue weighted by molar-refractivity contribution is 0.223. The Morgan fingerprint density at radius 1 is 1.14 bits per heavy atom. The Bertz CT molecular complexity index is 1020. The monoisotopic (exact) mass is 407 g/mol. The molecule has 2 N–H and O–H groups in total. The van der Waals surface area contributed by atoms with E-state index in [0.717, 1.165) is 34.0 Å². The highest BCUT2D eigenvalue weighted by molar-refractivity contribution is 7.80. The van der Waals surface area contributed by atoms with Crippen LogP contribution in [0.5, 0.6) is 0 Å². The lowest BCUT2D eigenvalue weighted by Gasteiger charge is -2.27. The molecule has 1 saturated heterocycles. The van der Waals surface area contributed by atoms with Crippen molar-refractivity contribution < 1.29 is 5.11 Å². The van der Waals surface area contributed by atoms with E-state index in [9.17, 15) is 5.11 Å². The standard InChI is InChI=1S/C22H25N5OS/c1-14-7-8-19(24-13-14)27-15(2)12-17(16(27)3)21-20(18-6-4-5-9-23-18)25-22(29)26(21)10-11-28/h4-9,12-13,20-21,28H,10-11H2,1-3H3,(H,25,29)/t20-,21-/m0/s1. The quantitative estimate of drug-likeness (QED) is 0.634. The molecule has 0 saturated carbocycles. The predicted molar refractivity (Wildman–Crippen MR) is 117 cm³/mol. The molecule has 4 heterocycles. The highest BCUT2D eigenvalue weighted by Gasteiger charge is 2.41. The van der Waals surface area contributed by atoms with Crippen molar-refractivity contribution in [3.63, 3.8) is 0 Å². The highest BCUT2D eigenvalue weighted by atomic mass is 32.1. The van der Waals surface area contributed by atoms with Crippen LogP contribution in [-0.2, 0) is 0 Å². The molecular formula is C22H25N5OS. The van der Waals surface area contributed by atoms with E-state index >= 15 is 0 Å². The molecule has 0 bridgehead atoms.